The Morgan fingerprint density at radius 1 is 1.42 bits per heavy atom. The molecule has 1 aromatic heterocycles. The standard InChI is InChI=1S/C15H19N3O/c1-18-11(7-9-17-18)8-10-19-15-4-2-3-12-13(15)5-6-14(12)16/h2-4,7,9,14H,5-6,8,10,16H2,1H3. The van der Waals surface area contributed by atoms with Gasteiger partial charge in [0, 0.05) is 31.4 Å². The Bertz CT molecular complexity index is 577. The lowest BCUT2D eigenvalue weighted by Gasteiger charge is -2.11. The summed E-state index contributed by atoms with van der Waals surface area (Å²) in [6.45, 7) is 0.672. The van der Waals surface area contributed by atoms with Gasteiger partial charge in [0.05, 0.1) is 6.61 Å². The van der Waals surface area contributed by atoms with Crippen molar-refractivity contribution in [3.63, 3.8) is 0 Å². The van der Waals surface area contributed by atoms with Crippen LogP contribution in [0.5, 0.6) is 5.75 Å². The monoisotopic (exact) mass is 257 g/mol. The van der Waals surface area contributed by atoms with E-state index >= 15 is 0 Å². The molecule has 0 bridgehead atoms. The number of nitrogens with zero attached hydrogens (tertiary/aromatic N) is 2. The molecule has 0 saturated heterocycles. The fourth-order valence-electron chi connectivity index (χ4n) is 2.70. The maximum atomic E-state index is 6.07. The molecule has 1 atom stereocenters. The lowest BCUT2D eigenvalue weighted by Crippen LogP contribution is -2.08. The minimum absolute atomic E-state index is 0.177. The van der Waals surface area contributed by atoms with E-state index in [0.29, 0.717) is 6.61 Å². The van der Waals surface area contributed by atoms with Crippen molar-refractivity contribution in [3.05, 3.63) is 47.3 Å². The molecule has 4 nitrogen and oxygen atoms in total. The summed E-state index contributed by atoms with van der Waals surface area (Å²) in [5.74, 6) is 0.993. The van der Waals surface area contributed by atoms with Crippen LogP contribution in [-0.2, 0) is 19.9 Å². The average molecular weight is 257 g/mol. The molecule has 0 fully saturated rings. The normalized spacial score (nSPS) is 17.5. The molecule has 100 valence electrons. The molecule has 1 aromatic carbocycles. The summed E-state index contributed by atoms with van der Waals surface area (Å²) in [6.07, 6.45) is 4.73. The maximum Gasteiger partial charge on any atom is 0.122 e. The summed E-state index contributed by atoms with van der Waals surface area (Å²) < 4.78 is 7.81. The summed E-state index contributed by atoms with van der Waals surface area (Å²) in [6, 6.07) is 8.38. The fraction of sp³-hybridized carbons (Fsp3) is 0.400. The Hall–Kier alpha value is -1.81. The van der Waals surface area contributed by atoms with E-state index in [0.717, 1.165) is 25.0 Å². The highest BCUT2D eigenvalue weighted by molar-refractivity contribution is 5.44. The molecule has 1 heterocycles. The summed E-state index contributed by atoms with van der Waals surface area (Å²) in [5, 5.41) is 4.15. The zero-order valence-electron chi connectivity index (χ0n) is 11.2. The average Bonchev–Trinajstić information content (AvgIpc) is 2.98. The molecule has 3 rings (SSSR count). The molecule has 1 aliphatic carbocycles. The molecule has 2 aromatic rings. The molecule has 0 radical (unpaired) electrons. The zero-order valence-corrected chi connectivity index (χ0v) is 11.2. The first-order valence-corrected chi connectivity index (χ1v) is 6.73. The van der Waals surface area contributed by atoms with Crippen LogP contribution in [0.4, 0.5) is 0 Å². The lowest BCUT2D eigenvalue weighted by atomic mass is 10.1. The number of hydrogen-bond donors (Lipinski definition) is 1. The number of nitrogens with two attached hydrogens (primary N) is 1. The van der Waals surface area contributed by atoms with Gasteiger partial charge in [-0.1, -0.05) is 12.1 Å². The van der Waals surface area contributed by atoms with Gasteiger partial charge in [-0.2, -0.15) is 5.10 Å². The smallest absolute Gasteiger partial charge is 0.122 e. The Labute approximate surface area is 113 Å². The van der Waals surface area contributed by atoms with E-state index < -0.39 is 0 Å². The highest BCUT2D eigenvalue weighted by Crippen LogP contribution is 2.35. The number of ether oxygens (including phenoxy) is 1. The molecule has 4 heteroatoms. The summed E-state index contributed by atoms with van der Waals surface area (Å²) >= 11 is 0. The molecule has 2 N–H and O–H groups in total. The first-order chi connectivity index (χ1) is 9.25. The minimum atomic E-state index is 0.177. The quantitative estimate of drug-likeness (QED) is 0.911. The molecule has 0 saturated carbocycles. The van der Waals surface area contributed by atoms with Crippen LogP contribution in [0.3, 0.4) is 0 Å². The highest BCUT2D eigenvalue weighted by atomic mass is 16.5. The maximum absolute atomic E-state index is 6.07. The number of fused-ring (bicyclic) bond motifs is 1. The van der Waals surface area contributed by atoms with Gasteiger partial charge >= 0.3 is 0 Å². The molecular weight excluding hydrogens is 238 g/mol. The molecule has 1 unspecified atom stereocenters. The molecule has 0 spiro atoms. The summed E-state index contributed by atoms with van der Waals surface area (Å²) in [5.41, 5.74) is 9.80. The first kappa shape index (κ1) is 12.2. The van der Waals surface area contributed by atoms with Gasteiger partial charge in [-0.05, 0) is 36.1 Å². The Balaban J connectivity index is 1.67. The third kappa shape index (κ3) is 2.36. The number of aromatic nitrogens is 2. The largest absolute Gasteiger partial charge is 0.493 e. The fourth-order valence-corrected chi connectivity index (χ4v) is 2.70. The third-order valence-corrected chi connectivity index (χ3v) is 3.81. The third-order valence-electron chi connectivity index (χ3n) is 3.81. The Kier molecular flexibility index (Phi) is 3.25. The van der Waals surface area contributed by atoms with Crippen LogP contribution in [0.2, 0.25) is 0 Å². The van der Waals surface area contributed by atoms with Gasteiger partial charge in [-0.15, -0.1) is 0 Å². The molecule has 19 heavy (non-hydrogen) atoms. The van der Waals surface area contributed by atoms with Gasteiger partial charge in [0.2, 0.25) is 0 Å². The van der Waals surface area contributed by atoms with Gasteiger partial charge in [0.15, 0.2) is 0 Å². The van der Waals surface area contributed by atoms with Crippen LogP contribution in [-0.4, -0.2) is 16.4 Å². The van der Waals surface area contributed by atoms with Crippen LogP contribution in [0.15, 0.2) is 30.5 Å². The van der Waals surface area contributed by atoms with Crippen LogP contribution in [0.25, 0.3) is 0 Å². The van der Waals surface area contributed by atoms with Gasteiger partial charge in [0.1, 0.15) is 5.75 Å². The van der Waals surface area contributed by atoms with Gasteiger partial charge in [0.25, 0.3) is 0 Å². The number of hydrogen-bond acceptors (Lipinski definition) is 3. The Morgan fingerprint density at radius 3 is 3.11 bits per heavy atom. The van der Waals surface area contributed by atoms with E-state index in [9.17, 15) is 0 Å². The van der Waals surface area contributed by atoms with Crippen molar-refractivity contribution in [2.24, 2.45) is 12.8 Å². The van der Waals surface area contributed by atoms with Crippen LogP contribution < -0.4 is 10.5 Å². The second-order valence-corrected chi connectivity index (χ2v) is 5.01. The molecule has 0 amide bonds. The summed E-state index contributed by atoms with van der Waals surface area (Å²) in [7, 11) is 1.95. The van der Waals surface area contributed by atoms with Crippen LogP contribution in [0, 0.1) is 0 Å². The topological polar surface area (TPSA) is 53.1 Å². The second kappa shape index (κ2) is 5.05. The second-order valence-electron chi connectivity index (χ2n) is 5.01. The summed E-state index contributed by atoms with van der Waals surface area (Å²) in [4.78, 5) is 0. The van der Waals surface area contributed by atoms with Crippen molar-refractivity contribution in [3.8, 4) is 5.75 Å². The zero-order chi connectivity index (χ0) is 13.2. The lowest BCUT2D eigenvalue weighted by molar-refractivity contribution is 0.315. The predicted molar refractivity (Wildman–Crippen MR) is 74.1 cm³/mol. The van der Waals surface area contributed by atoms with Gasteiger partial charge in [-0.25, -0.2) is 0 Å². The SMILES string of the molecule is Cn1nccc1CCOc1cccc2c1CCC2N. The van der Waals surface area contributed by atoms with Crippen molar-refractivity contribution in [2.45, 2.75) is 25.3 Å². The number of benzene rings is 1. The molecular formula is C15H19N3O. The van der Waals surface area contributed by atoms with Crippen LogP contribution >= 0.6 is 0 Å². The molecule has 0 aliphatic heterocycles. The van der Waals surface area contributed by atoms with Gasteiger partial charge in [-0.3, -0.25) is 4.68 Å². The Morgan fingerprint density at radius 2 is 2.32 bits per heavy atom. The van der Waals surface area contributed by atoms with E-state index in [1.165, 1.54) is 16.8 Å². The van der Waals surface area contributed by atoms with Crippen molar-refractivity contribution in [1.29, 1.82) is 0 Å². The van der Waals surface area contributed by atoms with E-state index in [2.05, 4.69) is 11.2 Å². The van der Waals surface area contributed by atoms with Crippen molar-refractivity contribution < 1.29 is 4.74 Å². The van der Waals surface area contributed by atoms with Crippen molar-refractivity contribution >= 4 is 0 Å². The molecule has 1 aliphatic rings. The van der Waals surface area contributed by atoms with Crippen molar-refractivity contribution in [1.82, 2.24) is 9.78 Å². The van der Waals surface area contributed by atoms with Crippen molar-refractivity contribution in [2.75, 3.05) is 6.61 Å². The number of aryl methyl sites for hydroxylation is 1. The van der Waals surface area contributed by atoms with Crippen LogP contribution in [0.1, 0.15) is 29.3 Å². The van der Waals surface area contributed by atoms with E-state index in [4.69, 9.17) is 10.5 Å². The van der Waals surface area contributed by atoms with E-state index in [1.54, 1.807) is 0 Å². The predicted octanol–water partition coefficient (Wildman–Crippen LogP) is 1.99. The van der Waals surface area contributed by atoms with Gasteiger partial charge < -0.3 is 10.5 Å². The number of rotatable bonds is 4. The first-order valence-electron chi connectivity index (χ1n) is 6.73. The van der Waals surface area contributed by atoms with E-state index in [-0.39, 0.29) is 6.04 Å². The minimum Gasteiger partial charge on any atom is -0.493 e. The highest BCUT2D eigenvalue weighted by Gasteiger charge is 2.21. The van der Waals surface area contributed by atoms with E-state index in [1.807, 2.05) is 36.1 Å².